The summed E-state index contributed by atoms with van der Waals surface area (Å²) < 4.78 is 36.0. The van der Waals surface area contributed by atoms with Gasteiger partial charge in [-0.3, -0.25) is 63.5 Å². The molecule has 0 unspecified atom stereocenters. The van der Waals surface area contributed by atoms with E-state index in [0.717, 1.165) is 133 Å². The maximum absolute atomic E-state index is 14.1. The first-order valence-corrected chi connectivity index (χ1v) is 50.2. The van der Waals surface area contributed by atoms with Crippen LogP contribution in [-0.4, -0.2) is 259 Å². The lowest BCUT2D eigenvalue weighted by Crippen LogP contribution is -2.54. The van der Waals surface area contributed by atoms with Crippen molar-refractivity contribution in [3.05, 3.63) is 164 Å². The second-order valence-electron chi connectivity index (χ2n) is 40.0. The number of nitrogens with one attached hydrogen (secondary N) is 4. The van der Waals surface area contributed by atoms with Crippen molar-refractivity contribution < 1.29 is 131 Å². The molecule has 8 fully saturated rings. The number of carbonyl (C=O) groups is 15. The van der Waals surface area contributed by atoms with E-state index < -0.39 is 140 Å². The molecule has 9 aliphatic heterocycles. The molecule has 9 heterocycles. The fourth-order valence-corrected chi connectivity index (χ4v) is 20.5. The Morgan fingerprint density at radius 1 is 0.427 bits per heavy atom. The summed E-state index contributed by atoms with van der Waals surface area (Å²) in [5.74, 6) is -9.59. The fraction of sp³-hybridized carbons (Fsp3) is 0.602. The lowest BCUT2D eigenvalue weighted by atomic mass is 10.0. The smallest absolute Gasteiger partial charge is 0.410 e. The topological polar surface area (TPSA) is 545 Å². The number of allylic oxidation sites excluding steroid dienone is 4. The van der Waals surface area contributed by atoms with Gasteiger partial charge in [0.15, 0.2) is 0 Å². The average Bonchev–Trinajstić information content (AvgIpc) is 1.59. The number of nitro groups is 2. The molecular weight excluding hydrogens is 1860 g/mol. The number of aliphatic carboxylic acids is 2. The fourth-order valence-electron chi connectivity index (χ4n) is 20.5. The van der Waals surface area contributed by atoms with Crippen LogP contribution in [0.4, 0.5) is 20.6 Å². The van der Waals surface area contributed by atoms with Gasteiger partial charge in [-0.1, -0.05) is 140 Å². The Morgan fingerprint density at radius 3 is 1.10 bits per heavy atom. The van der Waals surface area contributed by atoms with Crippen molar-refractivity contribution in [3.63, 3.8) is 0 Å². The number of esters is 3. The molecule has 9 amide bonds. The van der Waals surface area contributed by atoms with Crippen LogP contribution in [0.2, 0.25) is 0 Å². The number of ether oxygens (including phenoxy) is 4. The zero-order chi connectivity index (χ0) is 104. The molecule has 3 aromatic carbocycles. The second-order valence-corrected chi connectivity index (χ2v) is 40.0. The Kier molecular flexibility index (Phi) is 36.9. The van der Waals surface area contributed by atoms with Crippen molar-refractivity contribution >= 4 is 101 Å². The van der Waals surface area contributed by atoms with E-state index in [1.807, 2.05) is 70.2 Å². The number of fused-ring (bicyclic) bond motifs is 9. The molecule has 9 N–H and O–H groups in total. The third-order valence-electron chi connectivity index (χ3n) is 29.5. The Morgan fingerprint density at radius 2 is 0.755 bits per heavy atom. The number of benzene rings is 3. The summed E-state index contributed by atoms with van der Waals surface area (Å²) in [6, 6.07) is 11.0. The monoisotopic (exact) mass is 1990 g/mol. The average molecular weight is 1990 g/mol. The Balaban J connectivity index is 0.000000165. The minimum Gasteiger partial charge on any atom is -0.479 e. The van der Waals surface area contributed by atoms with E-state index >= 15 is 0 Å². The number of hydrogen-bond acceptors (Lipinski definition) is 25. The first-order chi connectivity index (χ1) is 68.2. The standard InChI is InChI=1S/C28H34FN3O6.C28H35N3O8.C21H32N2O5.C19H28N2O5.C7H5NO4/c1-17-8-5-3-2-4-6-10-19-13-28(19,26(35)36)30-24(33)23-12-20(15-32(23)25(17)34)38-27(37)31-14-18-9-7-11-22(29)21(18)16-31;1-3-38-27(35)28-16-20(28)10-8-6-4-5-7-9-18(2)25(33)30-17-22(15-23(30)24(32)29-28)39-26(34)19-11-13-21(14-12-19)31(36)37;1-3-28-20(27)21-12-15(21)10-8-6-4-5-7-9-14(2)19(26)23-13-16(24)11-17(23)18(25)22-21;1-12-7-5-3-2-4-6-8-13-10-19(13,18(25)26)20-16(23)15-9-14(22)11-21(15)17(12)24;9-7(10)5-1-3-6(4-2-5)8(11)12/h6-7,9-11,17,19-20,23H,2-5,8,12-16H2,1H3,(H,30,33)(H,35,36);8,10-14,18,20,22-23H,3-7,9,15-17H2,1-2H3,(H,29,32);8,10,14-17,24H,3-7,9,11-13H2,1-2H3,(H,22,25);6,8,12-15,22H,2-5,7,9-11H2,1H3,(H,20,23)(H,25,26);1-4H,(H,9,10)/b10-6-;2*10-8-;8-6-;/t17-,19+,20+,23-,28+;18-,20+,22-,23-,28+;14-,15+,16+,17-,21+;12-,13+,14+,15-,19+;/m0000./s1. The van der Waals surface area contributed by atoms with E-state index in [9.17, 15) is 117 Å². The lowest BCUT2D eigenvalue weighted by Gasteiger charge is -2.28. The summed E-state index contributed by atoms with van der Waals surface area (Å²) in [7, 11) is 0. The molecule has 0 bridgehead atoms. The molecule has 0 radical (unpaired) electrons. The Hall–Kier alpha value is -12.9. The number of carbonyl (C=O) groups excluding carboxylic acids is 12. The normalized spacial score (nSPS) is 32.2. The zero-order valence-electron chi connectivity index (χ0n) is 81.8. The van der Waals surface area contributed by atoms with Crippen molar-refractivity contribution in [2.75, 3.05) is 39.4 Å². The minimum absolute atomic E-state index is 0.0374. The molecule has 0 spiro atoms. The number of nitro benzene ring substituents is 2. The highest BCUT2D eigenvalue weighted by atomic mass is 19.1. The lowest BCUT2D eigenvalue weighted by molar-refractivity contribution is -0.385. The molecule has 4 aliphatic carbocycles. The van der Waals surface area contributed by atoms with Crippen molar-refractivity contribution in [2.24, 2.45) is 47.3 Å². The number of nitrogens with zero attached hydrogens (tertiary/aromatic N) is 7. The van der Waals surface area contributed by atoms with E-state index in [1.165, 1.54) is 67.0 Å². The molecule has 4 saturated carbocycles. The van der Waals surface area contributed by atoms with Gasteiger partial charge in [0.25, 0.3) is 11.4 Å². The number of halogens is 1. The van der Waals surface area contributed by atoms with E-state index in [1.54, 1.807) is 26.0 Å². The number of non-ortho nitro benzene ring substituents is 2. The summed E-state index contributed by atoms with van der Waals surface area (Å²) in [6.45, 7) is 12.0. The molecule has 16 rings (SSSR count). The first-order valence-electron chi connectivity index (χ1n) is 50.2. The van der Waals surface area contributed by atoms with Crippen LogP contribution in [-0.2, 0) is 89.6 Å². The zero-order valence-corrected chi connectivity index (χ0v) is 81.8. The number of aromatic carboxylic acids is 1. The summed E-state index contributed by atoms with van der Waals surface area (Å²) in [4.78, 5) is 218. The maximum Gasteiger partial charge on any atom is 0.410 e. The Labute approximate surface area is 828 Å². The highest BCUT2D eigenvalue weighted by Gasteiger charge is 2.66. The highest BCUT2D eigenvalue weighted by molar-refractivity contribution is 6.00. The van der Waals surface area contributed by atoms with Crippen molar-refractivity contribution in [2.45, 2.75) is 305 Å². The van der Waals surface area contributed by atoms with E-state index in [0.29, 0.717) is 44.1 Å². The third-order valence-corrected chi connectivity index (χ3v) is 29.5. The van der Waals surface area contributed by atoms with Crippen LogP contribution in [0.5, 0.6) is 0 Å². The number of rotatable bonds is 12. The van der Waals surface area contributed by atoms with E-state index in [4.69, 9.17) is 24.1 Å². The van der Waals surface area contributed by atoms with E-state index in [-0.39, 0.29) is 183 Å². The summed E-state index contributed by atoms with van der Waals surface area (Å²) in [6.07, 6.45) is 32.3. The first kappa shape index (κ1) is 109. The predicted octanol–water partition coefficient (Wildman–Crippen LogP) is 10.6. The summed E-state index contributed by atoms with van der Waals surface area (Å²) in [5.41, 5.74) is -3.79. The Bertz CT molecular complexity index is 5310. The molecule has 776 valence electrons. The van der Waals surface area contributed by atoms with Gasteiger partial charge < -0.3 is 85.3 Å². The van der Waals surface area contributed by atoms with Crippen LogP contribution >= 0.6 is 0 Å². The van der Waals surface area contributed by atoms with Crippen LogP contribution in [0, 0.1) is 73.4 Å². The van der Waals surface area contributed by atoms with Crippen LogP contribution in [0.3, 0.4) is 0 Å². The van der Waals surface area contributed by atoms with Gasteiger partial charge in [0.1, 0.15) is 64.3 Å². The summed E-state index contributed by atoms with van der Waals surface area (Å²) in [5, 5.41) is 80.2. The number of carboxylic acid groups (broad SMARTS) is 3. The number of aliphatic hydroxyl groups excluding tert-OH is 2. The van der Waals surface area contributed by atoms with Crippen molar-refractivity contribution in [3.8, 4) is 0 Å². The maximum atomic E-state index is 14.1. The van der Waals surface area contributed by atoms with Crippen LogP contribution in [0.1, 0.15) is 253 Å². The van der Waals surface area contributed by atoms with Gasteiger partial charge >= 0.3 is 41.9 Å². The molecule has 0 aromatic heterocycles. The van der Waals surface area contributed by atoms with E-state index in [2.05, 4.69) is 27.3 Å². The molecule has 39 nitrogen and oxygen atoms in total. The van der Waals surface area contributed by atoms with Gasteiger partial charge in [0, 0.05) is 122 Å². The van der Waals surface area contributed by atoms with Gasteiger partial charge in [-0.05, 0) is 152 Å². The molecule has 13 aliphatic rings. The minimum atomic E-state index is -1.38. The van der Waals surface area contributed by atoms with Gasteiger partial charge in [-0.2, -0.15) is 0 Å². The SMILES string of the molecule is CCOC(=O)[C@@]12C[C@H]1/C=C\CCCCC[C@H](C)C(=O)N1C[C@@H](OC(=O)c3ccc([N+](=O)[O-])cc3)C[C@H]1C(=O)N2.CCOC(=O)[C@@]12C[C@H]1/C=C\CCCCC[C@H](C)C(=O)N1C[C@H](O)C[C@H]1C(=O)N2.C[C@H]1CCCCC/C=C\[C@@H]2C[C@@]2(C(=O)O)NC(=O)[C@@H]2C[C@@H](O)CN2C1=O.C[C@H]1CCCCC/C=C\[C@@H]2C[C@@]2(C(=O)O)NC(=O)[C@@H]2C[C@@H](OC(=O)N3Cc4cccc(F)c4C3)CN2C1=O.O=C(O)c1ccc([N+](=O)[O-])cc1. The van der Waals surface area contributed by atoms with Gasteiger partial charge in [0.05, 0.1) is 66.0 Å². The number of aliphatic hydroxyl groups is 2. The second kappa shape index (κ2) is 48.5. The highest BCUT2D eigenvalue weighted by Crippen LogP contribution is 2.50. The van der Waals surface area contributed by atoms with Gasteiger partial charge in [-0.15, -0.1) is 0 Å². The third kappa shape index (κ3) is 26.8. The number of carboxylic acids is 3. The van der Waals surface area contributed by atoms with Crippen LogP contribution in [0.15, 0.2) is 115 Å². The van der Waals surface area contributed by atoms with Gasteiger partial charge in [0.2, 0.25) is 47.3 Å². The van der Waals surface area contributed by atoms with Crippen LogP contribution < -0.4 is 21.3 Å². The molecule has 20 atom stereocenters. The summed E-state index contributed by atoms with van der Waals surface area (Å²) >= 11 is 0. The molecule has 3 aromatic rings. The molecule has 143 heavy (non-hydrogen) atoms. The number of hydrogen-bond donors (Lipinski definition) is 9. The van der Waals surface area contributed by atoms with Crippen molar-refractivity contribution in [1.82, 2.24) is 45.8 Å². The van der Waals surface area contributed by atoms with Gasteiger partial charge in [-0.25, -0.2) is 38.0 Å². The van der Waals surface area contributed by atoms with Crippen molar-refractivity contribution in [1.29, 1.82) is 0 Å². The quantitative estimate of drug-likeness (QED) is 0.0267. The van der Waals surface area contributed by atoms with Crippen LogP contribution in [0.25, 0.3) is 0 Å². The largest absolute Gasteiger partial charge is 0.479 e. The molecular formula is C103H134FN11O28. The predicted molar refractivity (Wildman–Crippen MR) is 511 cm³/mol. The molecule has 40 heteroatoms. The molecule has 4 saturated heterocycles. The number of amides is 9.